The van der Waals surface area contributed by atoms with Crippen molar-refractivity contribution in [3.63, 3.8) is 0 Å². The summed E-state index contributed by atoms with van der Waals surface area (Å²) in [6, 6.07) is -2.56. The van der Waals surface area contributed by atoms with E-state index >= 15 is 0 Å². The molecule has 0 radical (unpaired) electrons. The highest BCUT2D eigenvalue weighted by Gasteiger charge is 2.53. The third-order valence-electron chi connectivity index (χ3n) is 1.55. The molecule has 2 heterocycles. The maximum Gasteiger partial charge on any atom is 0.325 e. The molecule has 0 aromatic heterocycles. The fourth-order valence-electron chi connectivity index (χ4n) is 0.985. The van der Waals surface area contributed by atoms with Crippen molar-refractivity contribution in [2.24, 2.45) is 0 Å². The van der Waals surface area contributed by atoms with Crippen LogP contribution in [0.15, 0.2) is 12.2 Å². The molecule has 0 aromatic carbocycles. The minimum absolute atomic E-state index is 0.0602. The Morgan fingerprint density at radius 1 is 1.62 bits per heavy atom. The minimum Gasteiger partial charge on any atom is -0.231 e. The number of hydrogen-bond acceptors (Lipinski definition) is 1. The molecule has 0 N–H and O–H groups in total. The van der Waals surface area contributed by atoms with E-state index in [1.165, 1.54) is 0 Å². The van der Waals surface area contributed by atoms with Gasteiger partial charge in [0.25, 0.3) is 0 Å². The van der Waals surface area contributed by atoms with Crippen LogP contribution in [0.1, 0.15) is 0 Å². The Morgan fingerprint density at radius 3 is 2.50 bits per heavy atom. The smallest absolute Gasteiger partial charge is 0.231 e. The molecular formula is C5H5F2N. The van der Waals surface area contributed by atoms with Gasteiger partial charge in [0, 0.05) is 12.6 Å². The molecule has 1 fully saturated rings. The second kappa shape index (κ2) is 0.957. The third-order valence-corrected chi connectivity index (χ3v) is 1.55. The van der Waals surface area contributed by atoms with Crippen LogP contribution in [-0.2, 0) is 0 Å². The Labute approximate surface area is 45.6 Å². The van der Waals surface area contributed by atoms with Crippen LogP contribution < -0.4 is 0 Å². The van der Waals surface area contributed by atoms with E-state index in [9.17, 15) is 8.78 Å². The predicted molar refractivity (Wildman–Crippen MR) is 24.6 cm³/mol. The number of fused-ring (bicyclic) bond motifs is 1. The number of hydrogen-bond donors (Lipinski definition) is 0. The number of halogens is 2. The highest BCUT2D eigenvalue weighted by Crippen LogP contribution is 2.39. The second-order valence-electron chi connectivity index (χ2n) is 2.17. The van der Waals surface area contributed by atoms with Crippen LogP contribution in [0.5, 0.6) is 0 Å². The van der Waals surface area contributed by atoms with Gasteiger partial charge in [-0.3, -0.25) is 0 Å². The molecule has 0 aromatic rings. The fourth-order valence-corrected chi connectivity index (χ4v) is 0.985. The Hall–Kier alpha value is -0.440. The van der Waals surface area contributed by atoms with Crippen molar-refractivity contribution in [2.45, 2.75) is 12.1 Å². The van der Waals surface area contributed by atoms with Crippen LogP contribution in [0, 0.1) is 0 Å². The summed E-state index contributed by atoms with van der Waals surface area (Å²) < 4.78 is 24.4. The van der Waals surface area contributed by atoms with Gasteiger partial charge in [-0.2, -0.15) is 8.78 Å². The van der Waals surface area contributed by atoms with Gasteiger partial charge < -0.3 is 0 Å². The van der Waals surface area contributed by atoms with Crippen molar-refractivity contribution < 1.29 is 8.78 Å². The quantitative estimate of drug-likeness (QED) is 0.258. The molecule has 2 aliphatic heterocycles. The molecule has 0 saturated carbocycles. The normalized spacial score (nSPS) is 46.8. The second-order valence-corrected chi connectivity index (χ2v) is 2.17. The molecule has 2 rings (SSSR count). The van der Waals surface area contributed by atoms with Crippen molar-refractivity contribution in [1.29, 1.82) is 0 Å². The monoisotopic (exact) mass is 117 g/mol. The summed E-state index contributed by atoms with van der Waals surface area (Å²) in [4.78, 5) is 1.15. The van der Waals surface area contributed by atoms with Crippen molar-refractivity contribution in [1.82, 2.24) is 4.90 Å². The van der Waals surface area contributed by atoms with E-state index in [-0.39, 0.29) is 6.04 Å². The first-order chi connectivity index (χ1) is 3.70. The zero-order chi connectivity index (χ0) is 5.78. The molecule has 2 atom stereocenters. The molecule has 0 spiro atoms. The molecule has 3 heteroatoms. The molecule has 0 bridgehead atoms. The Balaban J connectivity index is 2.29. The summed E-state index contributed by atoms with van der Waals surface area (Å²) in [5.74, 6) is 0. The van der Waals surface area contributed by atoms with Gasteiger partial charge in [-0.1, -0.05) is 6.08 Å². The average molecular weight is 117 g/mol. The van der Waals surface area contributed by atoms with Gasteiger partial charge in [0.05, 0.1) is 0 Å². The third kappa shape index (κ3) is 0.375. The maximum atomic E-state index is 12.2. The molecule has 2 unspecified atom stereocenters. The number of rotatable bonds is 0. The summed E-state index contributed by atoms with van der Waals surface area (Å²) in [5, 5.41) is 0. The van der Waals surface area contributed by atoms with Crippen LogP contribution in [0.4, 0.5) is 8.78 Å². The molecular weight excluding hydrogens is 112 g/mol. The lowest BCUT2D eigenvalue weighted by molar-refractivity contribution is -0.0365. The van der Waals surface area contributed by atoms with Gasteiger partial charge in [-0.15, -0.1) is 0 Å². The first-order valence-electron chi connectivity index (χ1n) is 2.54. The number of alkyl halides is 2. The molecule has 1 nitrogen and oxygen atoms in total. The van der Waals surface area contributed by atoms with Gasteiger partial charge >= 0.3 is 6.05 Å². The Kier molecular flexibility index (Phi) is 0.531. The maximum absolute atomic E-state index is 12.2. The van der Waals surface area contributed by atoms with E-state index in [2.05, 4.69) is 0 Å². The highest BCUT2D eigenvalue weighted by atomic mass is 19.3. The lowest BCUT2D eigenvalue weighted by Gasteiger charge is -2.07. The van der Waals surface area contributed by atoms with Gasteiger partial charge in [0.1, 0.15) is 0 Å². The fraction of sp³-hybridized carbons (Fsp3) is 0.600. The van der Waals surface area contributed by atoms with Crippen LogP contribution >= 0.6 is 0 Å². The average Bonchev–Trinajstić information content (AvgIpc) is 2.34. The topological polar surface area (TPSA) is 3.01 Å². The van der Waals surface area contributed by atoms with Crippen molar-refractivity contribution in [3.05, 3.63) is 12.2 Å². The lowest BCUT2D eigenvalue weighted by atomic mass is 10.4. The molecule has 0 amide bonds. The summed E-state index contributed by atoms with van der Waals surface area (Å²) >= 11 is 0. The van der Waals surface area contributed by atoms with E-state index in [1.807, 2.05) is 0 Å². The number of nitrogens with zero attached hydrogens (tertiary/aromatic N) is 1. The Bertz CT molecular complexity index is 153. The van der Waals surface area contributed by atoms with Crippen molar-refractivity contribution in [2.75, 3.05) is 6.54 Å². The largest absolute Gasteiger partial charge is 0.325 e. The van der Waals surface area contributed by atoms with Crippen LogP contribution in [0.25, 0.3) is 0 Å². The zero-order valence-electron chi connectivity index (χ0n) is 4.14. The van der Waals surface area contributed by atoms with E-state index in [0.29, 0.717) is 6.54 Å². The summed E-state index contributed by atoms with van der Waals surface area (Å²) in [6.07, 6.45) is 2.52. The summed E-state index contributed by atoms with van der Waals surface area (Å²) in [6.45, 7) is 0.545. The zero-order valence-corrected chi connectivity index (χ0v) is 4.14. The van der Waals surface area contributed by atoms with E-state index < -0.39 is 6.05 Å². The highest BCUT2D eigenvalue weighted by molar-refractivity contribution is 5.20. The molecule has 0 aliphatic carbocycles. The van der Waals surface area contributed by atoms with Crippen LogP contribution in [0.3, 0.4) is 0 Å². The van der Waals surface area contributed by atoms with Crippen LogP contribution in [-0.4, -0.2) is 23.5 Å². The van der Waals surface area contributed by atoms with Gasteiger partial charge in [0.15, 0.2) is 0 Å². The van der Waals surface area contributed by atoms with Crippen LogP contribution in [0.2, 0.25) is 0 Å². The first kappa shape index (κ1) is 4.44. The summed E-state index contributed by atoms with van der Waals surface area (Å²) in [5.41, 5.74) is 0. The van der Waals surface area contributed by atoms with Crippen molar-refractivity contribution >= 4 is 0 Å². The van der Waals surface area contributed by atoms with Gasteiger partial charge in [0.2, 0.25) is 0 Å². The molecule has 44 valence electrons. The first-order valence-corrected chi connectivity index (χ1v) is 2.54. The lowest BCUT2D eigenvalue weighted by Crippen LogP contribution is -2.21. The molecule has 2 aliphatic rings. The minimum atomic E-state index is -2.62. The standard InChI is InChI=1S/C5H5F2N/c6-5(7)2-1-4-3-8(4)5/h1-2,4H,3H2. The van der Waals surface area contributed by atoms with E-state index in [1.54, 1.807) is 6.08 Å². The molecule has 8 heavy (non-hydrogen) atoms. The van der Waals surface area contributed by atoms with Crippen molar-refractivity contribution in [3.8, 4) is 0 Å². The van der Waals surface area contributed by atoms with E-state index in [0.717, 1.165) is 11.0 Å². The van der Waals surface area contributed by atoms with Gasteiger partial charge in [-0.05, 0) is 6.08 Å². The Morgan fingerprint density at radius 2 is 2.38 bits per heavy atom. The summed E-state index contributed by atoms with van der Waals surface area (Å²) in [7, 11) is 0. The van der Waals surface area contributed by atoms with E-state index in [4.69, 9.17) is 0 Å². The SMILES string of the molecule is FC1(F)C=CC2CN21. The predicted octanol–water partition coefficient (Wildman–Crippen LogP) is 0.833. The molecule has 1 saturated heterocycles. The van der Waals surface area contributed by atoms with Gasteiger partial charge in [-0.25, -0.2) is 4.90 Å².